The van der Waals surface area contributed by atoms with Crippen LogP contribution in [0.25, 0.3) is 5.65 Å². The molecule has 4 nitrogen and oxygen atoms in total. The number of aromatic nitrogens is 2. The van der Waals surface area contributed by atoms with E-state index in [0.29, 0.717) is 43.0 Å². The topological polar surface area (TPSA) is 46.6 Å². The van der Waals surface area contributed by atoms with E-state index >= 15 is 0 Å². The van der Waals surface area contributed by atoms with Crippen LogP contribution in [0.5, 0.6) is 0 Å². The van der Waals surface area contributed by atoms with Gasteiger partial charge in [0.2, 0.25) is 12.4 Å². The first kappa shape index (κ1) is 13.1. The number of nitrogens with two attached hydrogens (primary N) is 1. The normalized spacial score (nSPS) is 17.3. The maximum Gasteiger partial charge on any atom is 0.241 e. The zero-order chi connectivity index (χ0) is 14.3. The van der Waals surface area contributed by atoms with Crippen LogP contribution in [0.2, 0.25) is 0 Å². The summed E-state index contributed by atoms with van der Waals surface area (Å²) in [5.74, 6) is -1.05. The van der Waals surface area contributed by atoms with Crippen LogP contribution < -0.4 is 10.6 Å². The first-order chi connectivity index (χ1) is 9.56. The average Bonchev–Trinajstić information content (AvgIpc) is 2.80. The smallest absolute Gasteiger partial charge is 0.241 e. The third kappa shape index (κ3) is 2.17. The minimum atomic E-state index is -2.28. The number of imidazole rings is 1. The summed E-state index contributed by atoms with van der Waals surface area (Å²) in [6, 6.07) is 1.71. The lowest BCUT2D eigenvalue weighted by Crippen LogP contribution is -2.36. The molecule has 1 saturated heterocycles. The highest BCUT2D eigenvalue weighted by molar-refractivity contribution is 5.73. The van der Waals surface area contributed by atoms with Crippen LogP contribution >= 0.6 is 0 Å². The number of halogens is 3. The summed E-state index contributed by atoms with van der Waals surface area (Å²) < 4.78 is 40.2. The van der Waals surface area contributed by atoms with Crippen LogP contribution in [0.1, 0.15) is 12.8 Å². The van der Waals surface area contributed by atoms with Gasteiger partial charge in [-0.15, -0.1) is 0 Å². The van der Waals surface area contributed by atoms with Crippen LogP contribution in [-0.4, -0.2) is 28.9 Å². The number of anilines is 2. The van der Waals surface area contributed by atoms with Crippen LogP contribution in [0.3, 0.4) is 0 Å². The molecule has 0 bridgehead atoms. The highest BCUT2D eigenvalue weighted by Crippen LogP contribution is 2.30. The molecule has 0 atom stereocenters. The summed E-state index contributed by atoms with van der Waals surface area (Å²) in [5.41, 5.74) is 7.35. The van der Waals surface area contributed by atoms with Crippen molar-refractivity contribution in [3.63, 3.8) is 0 Å². The van der Waals surface area contributed by atoms with Crippen molar-refractivity contribution in [1.29, 1.82) is 0 Å². The lowest BCUT2D eigenvalue weighted by molar-refractivity contribution is 0.0636. The quantitative estimate of drug-likeness (QED) is 0.922. The van der Waals surface area contributed by atoms with Crippen molar-refractivity contribution in [3.05, 3.63) is 24.4 Å². The summed E-state index contributed by atoms with van der Waals surface area (Å²) in [7, 11) is 0. The Bertz CT molecular complexity index is 617. The third-order valence-electron chi connectivity index (χ3n) is 3.80. The largest absolute Gasteiger partial charge is 0.397 e. The molecule has 3 rings (SSSR count). The first-order valence-electron chi connectivity index (χ1n) is 6.51. The van der Waals surface area contributed by atoms with Crippen molar-refractivity contribution in [3.8, 4) is 0 Å². The number of fused-ring (bicyclic) bond motifs is 1. The minimum Gasteiger partial charge on any atom is -0.397 e. The fourth-order valence-corrected chi connectivity index (χ4v) is 2.69. The van der Waals surface area contributed by atoms with Gasteiger partial charge < -0.3 is 10.6 Å². The van der Waals surface area contributed by atoms with E-state index in [4.69, 9.17) is 5.73 Å². The molecule has 2 aromatic heterocycles. The minimum absolute atomic E-state index is 0.417. The molecule has 0 saturated carbocycles. The molecular formula is C13H15F3N4. The van der Waals surface area contributed by atoms with Crippen LogP contribution in [0, 0.1) is 11.9 Å². The predicted molar refractivity (Wildman–Crippen MR) is 70.5 cm³/mol. The molecule has 3 heterocycles. The molecule has 1 aliphatic heterocycles. The zero-order valence-electron chi connectivity index (χ0n) is 10.8. The molecular weight excluding hydrogens is 269 g/mol. The number of nitrogens with zero attached hydrogens (tertiary/aromatic N) is 3. The van der Waals surface area contributed by atoms with Gasteiger partial charge in [0.15, 0.2) is 5.65 Å². The predicted octanol–water partition coefficient (Wildman–Crippen LogP) is 2.54. The Morgan fingerprint density at radius 3 is 2.65 bits per heavy atom. The number of hydrogen-bond donors (Lipinski definition) is 1. The molecule has 0 radical (unpaired) electrons. The molecule has 0 unspecified atom stereocenters. The summed E-state index contributed by atoms with van der Waals surface area (Å²) in [6.07, 6.45) is 1.16. The van der Waals surface area contributed by atoms with E-state index in [1.807, 2.05) is 4.90 Å². The van der Waals surface area contributed by atoms with Crippen molar-refractivity contribution in [2.45, 2.75) is 19.3 Å². The molecule has 2 N–H and O–H groups in total. The molecule has 7 heteroatoms. The van der Waals surface area contributed by atoms with Crippen molar-refractivity contribution in [2.24, 2.45) is 5.92 Å². The highest BCUT2D eigenvalue weighted by atomic mass is 19.3. The molecule has 1 fully saturated rings. The van der Waals surface area contributed by atoms with Crippen molar-refractivity contribution < 1.29 is 13.2 Å². The van der Waals surface area contributed by atoms with Gasteiger partial charge in [-0.25, -0.2) is 13.8 Å². The van der Waals surface area contributed by atoms with Gasteiger partial charge in [-0.05, 0) is 18.9 Å². The lowest BCUT2D eigenvalue weighted by Gasteiger charge is -2.33. The second kappa shape index (κ2) is 4.88. The third-order valence-corrected chi connectivity index (χ3v) is 3.80. The highest BCUT2D eigenvalue weighted by Gasteiger charge is 2.27. The Morgan fingerprint density at radius 1 is 1.30 bits per heavy atom. The van der Waals surface area contributed by atoms with Crippen molar-refractivity contribution >= 4 is 17.0 Å². The Morgan fingerprint density at radius 2 is 2.00 bits per heavy atom. The van der Waals surface area contributed by atoms with Gasteiger partial charge in [-0.3, -0.25) is 4.40 Å². The number of hydrogen-bond acceptors (Lipinski definition) is 3. The molecule has 2 aromatic rings. The number of pyridine rings is 1. The van der Waals surface area contributed by atoms with E-state index in [1.54, 1.807) is 6.07 Å². The van der Waals surface area contributed by atoms with Gasteiger partial charge in [-0.1, -0.05) is 0 Å². The average molecular weight is 284 g/mol. The number of alkyl halides is 2. The van der Waals surface area contributed by atoms with Crippen molar-refractivity contribution in [1.82, 2.24) is 9.38 Å². The summed E-state index contributed by atoms with van der Waals surface area (Å²) in [5, 5.41) is 0. The molecule has 0 amide bonds. The van der Waals surface area contributed by atoms with Crippen LogP contribution in [-0.2, 0) is 0 Å². The van der Waals surface area contributed by atoms with E-state index in [1.165, 1.54) is 10.6 Å². The summed E-state index contributed by atoms with van der Waals surface area (Å²) in [6.45, 7) is 1.01. The number of nitrogen functional groups attached to an aromatic ring is 1. The molecule has 0 aliphatic carbocycles. The second-order valence-corrected chi connectivity index (χ2v) is 5.09. The van der Waals surface area contributed by atoms with E-state index < -0.39 is 18.3 Å². The monoisotopic (exact) mass is 284 g/mol. The maximum atomic E-state index is 13.6. The fourth-order valence-electron chi connectivity index (χ4n) is 2.69. The molecule has 20 heavy (non-hydrogen) atoms. The van der Waals surface area contributed by atoms with Gasteiger partial charge in [0, 0.05) is 25.2 Å². The van der Waals surface area contributed by atoms with Gasteiger partial charge in [0.1, 0.15) is 0 Å². The summed E-state index contributed by atoms with van der Waals surface area (Å²) >= 11 is 0. The van der Waals surface area contributed by atoms with Gasteiger partial charge in [0.05, 0.1) is 17.6 Å². The molecule has 0 spiro atoms. The Balaban J connectivity index is 1.91. The van der Waals surface area contributed by atoms with Gasteiger partial charge in [-0.2, -0.15) is 4.39 Å². The molecule has 1 aliphatic rings. The van der Waals surface area contributed by atoms with Crippen LogP contribution in [0.4, 0.5) is 24.5 Å². The first-order valence-corrected chi connectivity index (χ1v) is 6.51. The SMILES string of the molecule is Nc1cc(N2CCC(C(F)F)CC2)c2ncc(F)n2c1. The Hall–Kier alpha value is -1.92. The van der Waals surface area contributed by atoms with E-state index in [2.05, 4.69) is 4.98 Å². The van der Waals surface area contributed by atoms with E-state index in [0.717, 1.165) is 6.20 Å². The summed E-state index contributed by atoms with van der Waals surface area (Å²) in [4.78, 5) is 5.97. The second-order valence-electron chi connectivity index (χ2n) is 5.09. The maximum absolute atomic E-state index is 13.6. The molecule has 108 valence electrons. The van der Waals surface area contributed by atoms with E-state index in [-0.39, 0.29) is 0 Å². The Labute approximate surface area is 114 Å². The standard InChI is InChI=1S/C13H15F3N4/c14-11-6-18-13-10(5-9(17)7-20(11)13)19-3-1-8(2-4-19)12(15)16/h5-8,12H,1-4,17H2. The zero-order valence-corrected chi connectivity index (χ0v) is 10.8. The lowest BCUT2D eigenvalue weighted by atomic mass is 9.97. The van der Waals surface area contributed by atoms with Crippen molar-refractivity contribution in [2.75, 3.05) is 23.7 Å². The Kier molecular flexibility index (Phi) is 3.19. The van der Waals surface area contributed by atoms with E-state index in [9.17, 15) is 13.2 Å². The van der Waals surface area contributed by atoms with Gasteiger partial charge >= 0.3 is 0 Å². The van der Waals surface area contributed by atoms with Gasteiger partial charge in [0.25, 0.3) is 0 Å². The van der Waals surface area contributed by atoms with Crippen LogP contribution in [0.15, 0.2) is 18.5 Å². The number of piperidine rings is 1. The molecule has 0 aromatic carbocycles. The fraction of sp³-hybridized carbons (Fsp3) is 0.462. The number of rotatable bonds is 2.